The zero-order chi connectivity index (χ0) is 5.41. The van der Waals surface area contributed by atoms with E-state index in [0.717, 1.165) is 0 Å². The van der Waals surface area contributed by atoms with Crippen molar-refractivity contribution >= 4 is 28.4 Å². The van der Waals surface area contributed by atoms with Gasteiger partial charge in [-0.2, -0.15) is 5.26 Å². The summed E-state index contributed by atoms with van der Waals surface area (Å²) < 4.78 is 0. The molecule has 3 heteroatoms. The van der Waals surface area contributed by atoms with Crippen molar-refractivity contribution in [1.29, 1.82) is 5.26 Å². The molecule has 0 rings (SSSR count). The van der Waals surface area contributed by atoms with E-state index < -0.39 is 0 Å². The Morgan fingerprint density at radius 1 is 1.67 bits per heavy atom. The average Bonchev–Trinajstić information content (AvgIpc) is 1.72. The van der Waals surface area contributed by atoms with Gasteiger partial charge in [-0.05, 0) is 0 Å². The number of nitrogens with zero attached hydrogens (tertiary/aromatic N) is 1. The molecule has 1 nitrogen and oxygen atoms in total. The third-order valence-corrected chi connectivity index (χ3v) is 0.158. The maximum atomic E-state index is 7.62. The van der Waals surface area contributed by atoms with E-state index in [0.29, 0.717) is 6.42 Å². The molecular weight excluding hydrogens is 208 g/mol. The minimum absolute atomic E-state index is 0.625. The fraction of sp³-hybridized carbons (Fsp3) is 0.667. The van der Waals surface area contributed by atoms with Crippen molar-refractivity contribution in [3.8, 4) is 6.07 Å². The molecule has 0 aliphatic carbocycles. The van der Waals surface area contributed by atoms with E-state index in [2.05, 4.69) is 28.4 Å². The van der Waals surface area contributed by atoms with Crippen molar-refractivity contribution in [1.82, 2.24) is 0 Å². The van der Waals surface area contributed by atoms with Gasteiger partial charge in [0, 0.05) is 6.42 Å². The second-order valence-electron chi connectivity index (χ2n) is 0.512. The van der Waals surface area contributed by atoms with E-state index in [1.54, 1.807) is 0 Å². The molecule has 0 aliphatic heterocycles. The maximum absolute atomic E-state index is 7.62. The number of nitriles is 1. The van der Waals surface area contributed by atoms with Gasteiger partial charge in [-0.15, -0.1) is 0 Å². The first-order valence-corrected chi connectivity index (χ1v) is 6.68. The van der Waals surface area contributed by atoms with Gasteiger partial charge in [0.15, 0.2) is 0 Å². The second kappa shape index (κ2) is 17.7. The van der Waals surface area contributed by atoms with E-state index in [9.17, 15) is 0 Å². The molecular formula is C3H7NSe2. The molecule has 0 aromatic heterocycles. The zero-order valence-corrected chi connectivity index (χ0v) is 7.30. The van der Waals surface area contributed by atoms with Gasteiger partial charge in [-0.25, -0.2) is 0 Å². The number of hydrogen-bond acceptors (Lipinski definition) is 1. The Bertz CT molecular complexity index is 38.5. The van der Waals surface area contributed by atoms with Crippen LogP contribution in [0.3, 0.4) is 0 Å². The number of rotatable bonds is 0. The summed E-state index contributed by atoms with van der Waals surface area (Å²) in [6.07, 6.45) is 0.625. The molecule has 0 aromatic carbocycles. The summed E-state index contributed by atoms with van der Waals surface area (Å²) in [7, 11) is 0. The van der Waals surface area contributed by atoms with Crippen LogP contribution in [0.1, 0.15) is 13.3 Å². The van der Waals surface area contributed by atoms with Crippen LogP contribution >= 0.6 is 0 Å². The Labute approximate surface area is 53.3 Å². The summed E-state index contributed by atoms with van der Waals surface area (Å²) >= 11 is 4.50. The van der Waals surface area contributed by atoms with Crippen molar-refractivity contribution in [2.75, 3.05) is 0 Å². The molecule has 0 spiro atoms. The van der Waals surface area contributed by atoms with Crippen molar-refractivity contribution in [2.24, 2.45) is 0 Å². The van der Waals surface area contributed by atoms with Gasteiger partial charge in [0.05, 0.1) is 6.07 Å². The Hall–Kier alpha value is 0.529. The molecule has 0 N–H and O–H groups in total. The van der Waals surface area contributed by atoms with Crippen molar-refractivity contribution < 1.29 is 0 Å². The summed E-state index contributed by atoms with van der Waals surface area (Å²) in [4.78, 5) is 0. The summed E-state index contributed by atoms with van der Waals surface area (Å²) in [5.74, 6) is 0. The summed E-state index contributed by atoms with van der Waals surface area (Å²) in [5.41, 5.74) is 0. The third kappa shape index (κ3) is 24.1. The average molecular weight is 215 g/mol. The van der Waals surface area contributed by atoms with Crippen LogP contribution < -0.4 is 0 Å². The molecule has 0 fully saturated rings. The second-order valence-corrected chi connectivity index (χ2v) is 0.512. The first-order valence-electron chi connectivity index (χ1n) is 1.48. The van der Waals surface area contributed by atoms with Crippen LogP contribution in [0.4, 0.5) is 0 Å². The predicted molar refractivity (Wildman–Crippen MR) is 30.2 cm³/mol. The van der Waals surface area contributed by atoms with Crippen LogP contribution in [0.25, 0.3) is 0 Å². The first-order chi connectivity index (χ1) is 2.91. The SMILES string of the molecule is CCC#N.[SeH][SeH]. The topological polar surface area (TPSA) is 23.8 Å². The van der Waals surface area contributed by atoms with Gasteiger partial charge in [-0.3, -0.25) is 0 Å². The van der Waals surface area contributed by atoms with Crippen molar-refractivity contribution in [2.45, 2.75) is 13.3 Å². The Balaban J connectivity index is 0. The molecule has 0 radical (unpaired) electrons. The van der Waals surface area contributed by atoms with E-state index in [4.69, 9.17) is 5.26 Å². The fourth-order valence-electron chi connectivity index (χ4n) is 0. The van der Waals surface area contributed by atoms with Gasteiger partial charge in [0.25, 0.3) is 0 Å². The Kier molecular flexibility index (Phi) is 28.8. The van der Waals surface area contributed by atoms with Gasteiger partial charge in [0.1, 0.15) is 0 Å². The summed E-state index contributed by atoms with van der Waals surface area (Å²) in [6, 6.07) is 1.93. The third-order valence-electron chi connectivity index (χ3n) is 0.158. The molecule has 0 saturated carbocycles. The summed E-state index contributed by atoms with van der Waals surface area (Å²) in [6.45, 7) is 1.82. The standard InChI is InChI=1S/C3H5N.H2Se2/c1-2-3-4;1-2/h2H2,1H3;1-2H. The van der Waals surface area contributed by atoms with Gasteiger partial charge >= 0.3 is 28.4 Å². The first kappa shape index (κ1) is 9.73. The summed E-state index contributed by atoms with van der Waals surface area (Å²) in [5, 5.41) is 7.62. The normalized spacial score (nSPS) is 4.33. The molecule has 0 aliphatic rings. The van der Waals surface area contributed by atoms with Gasteiger partial charge < -0.3 is 0 Å². The molecule has 0 saturated heterocycles. The van der Waals surface area contributed by atoms with E-state index in [1.165, 1.54) is 0 Å². The van der Waals surface area contributed by atoms with E-state index in [-0.39, 0.29) is 0 Å². The van der Waals surface area contributed by atoms with Gasteiger partial charge in [-0.1, -0.05) is 6.92 Å². The van der Waals surface area contributed by atoms with Crippen LogP contribution in [0.15, 0.2) is 0 Å². The number of hydrogen-bond donors (Lipinski definition) is 0. The van der Waals surface area contributed by atoms with Crippen LogP contribution in [0.5, 0.6) is 0 Å². The minimum atomic E-state index is 0.625. The molecule has 0 bridgehead atoms. The Morgan fingerprint density at radius 3 is 1.83 bits per heavy atom. The quantitative estimate of drug-likeness (QED) is 0.505. The molecule has 0 unspecified atom stereocenters. The molecule has 36 valence electrons. The van der Waals surface area contributed by atoms with E-state index >= 15 is 0 Å². The van der Waals surface area contributed by atoms with Crippen molar-refractivity contribution in [3.63, 3.8) is 0 Å². The fourth-order valence-corrected chi connectivity index (χ4v) is 0. The molecule has 0 heterocycles. The van der Waals surface area contributed by atoms with Crippen LogP contribution in [0.2, 0.25) is 0 Å². The van der Waals surface area contributed by atoms with E-state index in [1.807, 2.05) is 13.0 Å². The zero-order valence-electron chi connectivity index (χ0n) is 3.55. The molecule has 0 atom stereocenters. The van der Waals surface area contributed by atoms with Crippen LogP contribution in [-0.4, -0.2) is 28.4 Å². The van der Waals surface area contributed by atoms with Crippen LogP contribution in [-0.2, 0) is 0 Å². The van der Waals surface area contributed by atoms with Crippen LogP contribution in [0, 0.1) is 11.3 Å². The molecule has 0 aromatic rings. The Morgan fingerprint density at radius 2 is 1.83 bits per heavy atom. The predicted octanol–water partition coefficient (Wildman–Crippen LogP) is -0.377. The van der Waals surface area contributed by atoms with Crippen molar-refractivity contribution in [3.05, 3.63) is 0 Å². The molecule has 6 heavy (non-hydrogen) atoms. The molecule has 0 amide bonds. The monoisotopic (exact) mass is 217 g/mol. The van der Waals surface area contributed by atoms with Gasteiger partial charge in [0.2, 0.25) is 0 Å².